The zero-order chi connectivity index (χ0) is 24.8. The Morgan fingerprint density at radius 3 is 2.44 bits per heavy atom. The minimum Gasteiger partial charge on any atom is -0.463 e. The maximum atomic E-state index is 14.4. The Morgan fingerprint density at radius 2 is 1.79 bits per heavy atom. The summed E-state index contributed by atoms with van der Waals surface area (Å²) in [4.78, 5) is 16.8. The van der Waals surface area contributed by atoms with E-state index in [0.29, 0.717) is 6.07 Å². The van der Waals surface area contributed by atoms with Gasteiger partial charge in [0.25, 0.3) is 0 Å². The second-order valence-electron chi connectivity index (χ2n) is 7.29. The normalized spacial score (nSPS) is 12.3. The van der Waals surface area contributed by atoms with Crippen molar-refractivity contribution in [3.8, 4) is 22.4 Å². The Bertz CT molecular complexity index is 1600. The summed E-state index contributed by atoms with van der Waals surface area (Å²) in [6, 6.07) is 7.40. The van der Waals surface area contributed by atoms with E-state index >= 15 is 0 Å². The van der Waals surface area contributed by atoms with Crippen molar-refractivity contribution in [2.75, 3.05) is 5.75 Å². The summed E-state index contributed by atoms with van der Waals surface area (Å²) in [7, 11) is -3.96. The fourth-order valence-corrected chi connectivity index (χ4v) is 4.61. The van der Waals surface area contributed by atoms with E-state index in [9.17, 15) is 30.8 Å². The van der Waals surface area contributed by atoms with E-state index in [4.69, 9.17) is 16.0 Å². The number of hydrogen-bond acceptors (Lipinski definition) is 5. The summed E-state index contributed by atoms with van der Waals surface area (Å²) < 4.78 is 84.3. The quantitative estimate of drug-likeness (QED) is 0.308. The van der Waals surface area contributed by atoms with Crippen molar-refractivity contribution in [1.82, 2.24) is 4.98 Å². The SMILES string of the molecule is CCS(=O)(=O)c1cc(-c2ccc(Cl)cc2F)cnc1-c1coc2cc(C(F)(F)F)ccc2c1=O. The largest absolute Gasteiger partial charge is 0.463 e. The Labute approximate surface area is 195 Å². The molecule has 0 bridgehead atoms. The number of sulfone groups is 1. The van der Waals surface area contributed by atoms with Crippen LogP contribution in [0.3, 0.4) is 0 Å². The molecule has 4 rings (SSSR count). The molecule has 0 saturated carbocycles. The first kappa shape index (κ1) is 23.9. The molecule has 11 heteroatoms. The highest BCUT2D eigenvalue weighted by atomic mass is 35.5. The molecule has 4 aromatic rings. The molecule has 0 atom stereocenters. The molecule has 0 fully saturated rings. The average Bonchev–Trinajstić information content (AvgIpc) is 2.78. The highest BCUT2D eigenvalue weighted by Crippen LogP contribution is 2.34. The Balaban J connectivity index is 1.95. The van der Waals surface area contributed by atoms with Gasteiger partial charge in [-0.05, 0) is 42.5 Å². The molecule has 0 aliphatic heterocycles. The molecule has 2 heterocycles. The minimum atomic E-state index is -4.64. The fourth-order valence-electron chi connectivity index (χ4n) is 3.38. The lowest BCUT2D eigenvalue weighted by atomic mass is 10.0. The lowest BCUT2D eigenvalue weighted by molar-refractivity contribution is -0.137. The van der Waals surface area contributed by atoms with E-state index in [2.05, 4.69) is 4.98 Å². The van der Waals surface area contributed by atoms with Gasteiger partial charge in [-0.1, -0.05) is 18.5 Å². The van der Waals surface area contributed by atoms with Gasteiger partial charge in [-0.15, -0.1) is 0 Å². The lowest BCUT2D eigenvalue weighted by Gasteiger charge is -2.12. The smallest absolute Gasteiger partial charge is 0.416 e. The van der Waals surface area contributed by atoms with E-state index in [0.717, 1.165) is 24.5 Å². The summed E-state index contributed by atoms with van der Waals surface area (Å²) in [6.07, 6.45) is -2.58. The summed E-state index contributed by atoms with van der Waals surface area (Å²) in [5.74, 6) is -1.05. The van der Waals surface area contributed by atoms with Crippen LogP contribution >= 0.6 is 11.6 Å². The molecule has 0 radical (unpaired) electrons. The minimum absolute atomic E-state index is 0.0428. The van der Waals surface area contributed by atoms with E-state index in [1.165, 1.54) is 31.3 Å². The van der Waals surface area contributed by atoms with Crippen LogP contribution in [-0.4, -0.2) is 19.2 Å². The Kier molecular flexibility index (Phi) is 5.99. The molecule has 2 aromatic carbocycles. The van der Waals surface area contributed by atoms with Gasteiger partial charge in [0.2, 0.25) is 5.43 Å². The molecular weight excluding hydrogens is 498 g/mol. The third kappa shape index (κ3) is 4.30. The first-order valence-corrected chi connectivity index (χ1v) is 11.8. The molecular formula is C23H14ClF4NO4S. The van der Waals surface area contributed by atoms with Crippen molar-refractivity contribution in [1.29, 1.82) is 0 Å². The Hall–Kier alpha value is -3.24. The number of pyridine rings is 1. The van der Waals surface area contributed by atoms with Crippen LogP contribution < -0.4 is 5.43 Å². The van der Waals surface area contributed by atoms with Crippen LogP contribution in [-0.2, 0) is 16.0 Å². The van der Waals surface area contributed by atoms with Crippen molar-refractivity contribution in [3.63, 3.8) is 0 Å². The highest BCUT2D eigenvalue weighted by molar-refractivity contribution is 7.91. The maximum Gasteiger partial charge on any atom is 0.416 e. The summed E-state index contributed by atoms with van der Waals surface area (Å²) in [6.45, 7) is 1.39. The molecule has 2 aromatic heterocycles. The number of rotatable bonds is 4. The maximum absolute atomic E-state index is 14.4. The second kappa shape index (κ2) is 8.52. The number of alkyl halides is 3. The zero-order valence-corrected chi connectivity index (χ0v) is 18.9. The summed E-state index contributed by atoms with van der Waals surface area (Å²) in [5, 5.41) is -0.0327. The lowest BCUT2D eigenvalue weighted by Crippen LogP contribution is -2.12. The van der Waals surface area contributed by atoms with Crippen molar-refractivity contribution in [2.24, 2.45) is 0 Å². The monoisotopic (exact) mass is 511 g/mol. The number of nitrogens with zero attached hydrogens (tertiary/aromatic N) is 1. The molecule has 0 spiro atoms. The highest BCUT2D eigenvalue weighted by Gasteiger charge is 2.31. The predicted molar refractivity (Wildman–Crippen MR) is 119 cm³/mol. The van der Waals surface area contributed by atoms with Gasteiger partial charge < -0.3 is 4.42 Å². The molecule has 34 heavy (non-hydrogen) atoms. The van der Waals surface area contributed by atoms with Crippen LogP contribution in [0, 0.1) is 5.82 Å². The number of fused-ring (bicyclic) bond motifs is 1. The number of benzene rings is 2. The third-order valence-corrected chi connectivity index (χ3v) is 7.14. The molecule has 0 saturated heterocycles. The molecule has 0 amide bonds. The van der Waals surface area contributed by atoms with E-state index in [-0.39, 0.29) is 49.0 Å². The third-order valence-electron chi connectivity index (χ3n) is 5.17. The molecule has 0 aliphatic carbocycles. The van der Waals surface area contributed by atoms with Crippen molar-refractivity contribution in [2.45, 2.75) is 18.0 Å². The fraction of sp³-hybridized carbons (Fsp3) is 0.130. The van der Waals surface area contributed by atoms with Gasteiger partial charge in [-0.25, -0.2) is 12.8 Å². The van der Waals surface area contributed by atoms with Crippen LogP contribution in [0.2, 0.25) is 5.02 Å². The second-order valence-corrected chi connectivity index (χ2v) is 9.97. The number of aromatic nitrogens is 1. The zero-order valence-electron chi connectivity index (χ0n) is 17.3. The van der Waals surface area contributed by atoms with E-state index in [1.807, 2.05) is 0 Å². The van der Waals surface area contributed by atoms with Gasteiger partial charge in [0.1, 0.15) is 17.7 Å². The summed E-state index contributed by atoms with van der Waals surface area (Å²) in [5.41, 5.74) is -2.43. The molecule has 176 valence electrons. The van der Waals surface area contributed by atoms with E-state index in [1.54, 1.807) is 0 Å². The molecule has 0 N–H and O–H groups in total. The van der Waals surface area contributed by atoms with Crippen molar-refractivity contribution in [3.05, 3.63) is 81.6 Å². The van der Waals surface area contributed by atoms with Crippen LogP contribution in [0.5, 0.6) is 0 Å². The van der Waals surface area contributed by atoms with Gasteiger partial charge >= 0.3 is 6.18 Å². The average molecular weight is 512 g/mol. The van der Waals surface area contributed by atoms with Crippen LogP contribution in [0.15, 0.2) is 69.0 Å². The molecule has 0 aliphatic rings. The van der Waals surface area contributed by atoms with Gasteiger partial charge in [-0.3, -0.25) is 9.78 Å². The van der Waals surface area contributed by atoms with Crippen LogP contribution in [0.25, 0.3) is 33.4 Å². The number of halogens is 5. The first-order chi connectivity index (χ1) is 15.9. The number of hydrogen-bond donors (Lipinski definition) is 0. The van der Waals surface area contributed by atoms with Crippen molar-refractivity contribution >= 4 is 32.4 Å². The topological polar surface area (TPSA) is 77.2 Å². The van der Waals surface area contributed by atoms with Crippen LogP contribution in [0.1, 0.15) is 12.5 Å². The molecule has 0 unspecified atom stereocenters. The van der Waals surface area contributed by atoms with Gasteiger partial charge in [0.05, 0.1) is 32.9 Å². The standard InChI is InChI=1S/C23H14ClF4NO4S/c1-2-34(31,32)20-7-12(15-6-4-14(24)9-18(15)25)10-29-21(20)17-11-33-19-8-13(23(26,27)28)3-5-16(19)22(17)30/h3-11H,2H2,1H3. The van der Waals surface area contributed by atoms with Gasteiger partial charge in [0, 0.05) is 22.3 Å². The van der Waals surface area contributed by atoms with Crippen molar-refractivity contribution < 1.29 is 30.4 Å². The molecule has 5 nitrogen and oxygen atoms in total. The summed E-state index contributed by atoms with van der Waals surface area (Å²) >= 11 is 5.78. The first-order valence-electron chi connectivity index (χ1n) is 9.73. The van der Waals surface area contributed by atoms with Crippen LogP contribution in [0.4, 0.5) is 17.6 Å². The Morgan fingerprint density at radius 1 is 1.06 bits per heavy atom. The van der Waals surface area contributed by atoms with Gasteiger partial charge in [0.15, 0.2) is 9.84 Å². The predicted octanol–water partition coefficient (Wildman–Crippen LogP) is 6.13. The van der Waals surface area contributed by atoms with E-state index < -0.39 is 32.8 Å². The van der Waals surface area contributed by atoms with Gasteiger partial charge in [-0.2, -0.15) is 13.2 Å².